The lowest BCUT2D eigenvalue weighted by Crippen LogP contribution is -2.52. The van der Waals surface area contributed by atoms with Gasteiger partial charge in [-0.3, -0.25) is 9.59 Å². The number of ether oxygens (including phenoxy) is 2. The van der Waals surface area contributed by atoms with Gasteiger partial charge < -0.3 is 19.7 Å². The monoisotopic (exact) mass is 524 g/mol. The van der Waals surface area contributed by atoms with Gasteiger partial charge in [0.2, 0.25) is 5.91 Å². The Bertz CT molecular complexity index is 1170. The van der Waals surface area contributed by atoms with E-state index < -0.39 is 11.9 Å². The number of nitrogens with zero attached hydrogens (tertiary/aromatic N) is 1. The summed E-state index contributed by atoms with van der Waals surface area (Å²) < 4.78 is 24.9. The summed E-state index contributed by atoms with van der Waals surface area (Å²) in [5.74, 6) is -0.675. The van der Waals surface area contributed by atoms with Gasteiger partial charge in [-0.2, -0.15) is 0 Å². The molecule has 0 spiro atoms. The number of halogens is 2. The van der Waals surface area contributed by atoms with Crippen molar-refractivity contribution in [3.8, 4) is 5.75 Å². The number of para-hydroxylation sites is 1. The minimum atomic E-state index is -0.823. The normalized spacial score (nSPS) is 15.7. The van der Waals surface area contributed by atoms with Crippen LogP contribution in [-0.2, 0) is 27.3 Å². The Morgan fingerprint density at radius 3 is 2.46 bits per heavy atom. The molecular formula is C29H30ClFN2O4. The molecule has 1 saturated heterocycles. The fraction of sp³-hybridized carbons (Fsp3) is 0.310. The van der Waals surface area contributed by atoms with Crippen LogP contribution >= 0.6 is 11.6 Å². The lowest BCUT2D eigenvalue weighted by molar-refractivity contribution is -0.143. The van der Waals surface area contributed by atoms with Crippen molar-refractivity contribution in [2.24, 2.45) is 0 Å². The first-order chi connectivity index (χ1) is 18.0. The third-order valence-electron chi connectivity index (χ3n) is 6.25. The second-order valence-corrected chi connectivity index (χ2v) is 9.36. The molecular weight excluding hydrogens is 495 g/mol. The minimum absolute atomic E-state index is 0.0360. The summed E-state index contributed by atoms with van der Waals surface area (Å²) in [7, 11) is 0. The van der Waals surface area contributed by atoms with Crippen molar-refractivity contribution in [1.82, 2.24) is 10.2 Å². The number of amides is 2. The highest BCUT2D eigenvalue weighted by molar-refractivity contribution is 6.32. The summed E-state index contributed by atoms with van der Waals surface area (Å²) >= 11 is 6.19. The van der Waals surface area contributed by atoms with Crippen LogP contribution in [0, 0.1) is 5.82 Å². The van der Waals surface area contributed by atoms with Crippen LogP contribution in [0.1, 0.15) is 24.0 Å². The number of hydrogen-bond acceptors (Lipinski definition) is 4. The van der Waals surface area contributed by atoms with Crippen LogP contribution in [0.5, 0.6) is 5.75 Å². The van der Waals surface area contributed by atoms with Gasteiger partial charge in [0.1, 0.15) is 17.6 Å². The molecule has 1 N–H and O–H groups in total. The summed E-state index contributed by atoms with van der Waals surface area (Å²) in [5, 5.41) is 3.36. The standard InChI is InChI=1S/C29H30ClFN2O4/c30-25-10-4-5-11-27(25)37-20-28(34)33(19-22-12-14-23(31)15-13-22)26(17-21-7-2-1-3-8-21)29(35)32-18-24-9-6-16-36-24/h1-5,7-8,10-15,24,26H,6,9,16-20H2,(H,32,35)/t24-,26-/m0/s1. The average molecular weight is 525 g/mol. The summed E-state index contributed by atoms with van der Waals surface area (Å²) in [6.07, 6.45) is 2.11. The molecule has 0 aromatic heterocycles. The summed E-state index contributed by atoms with van der Waals surface area (Å²) in [5.41, 5.74) is 1.60. The van der Waals surface area contributed by atoms with E-state index in [1.807, 2.05) is 30.3 Å². The van der Waals surface area contributed by atoms with Crippen molar-refractivity contribution in [3.05, 3.63) is 101 Å². The minimum Gasteiger partial charge on any atom is -0.482 e. The Balaban J connectivity index is 1.58. The Morgan fingerprint density at radius 2 is 1.76 bits per heavy atom. The largest absolute Gasteiger partial charge is 0.482 e. The van der Waals surface area contributed by atoms with Gasteiger partial charge in [-0.15, -0.1) is 0 Å². The van der Waals surface area contributed by atoms with E-state index in [0.29, 0.717) is 35.9 Å². The Morgan fingerprint density at radius 1 is 1.03 bits per heavy atom. The molecule has 6 nitrogen and oxygen atoms in total. The van der Waals surface area contributed by atoms with Crippen LogP contribution in [0.4, 0.5) is 4.39 Å². The fourth-order valence-electron chi connectivity index (χ4n) is 4.26. The van der Waals surface area contributed by atoms with Crippen LogP contribution in [-0.4, -0.2) is 48.6 Å². The topological polar surface area (TPSA) is 67.9 Å². The molecule has 0 aliphatic carbocycles. The summed E-state index contributed by atoms with van der Waals surface area (Å²) in [6.45, 7) is 0.854. The first kappa shape index (κ1) is 26.6. The molecule has 37 heavy (non-hydrogen) atoms. The molecule has 4 rings (SSSR count). The van der Waals surface area contributed by atoms with Gasteiger partial charge in [-0.1, -0.05) is 66.2 Å². The van der Waals surface area contributed by atoms with Gasteiger partial charge in [0.25, 0.3) is 5.91 Å². The van der Waals surface area contributed by atoms with Crippen molar-refractivity contribution in [3.63, 3.8) is 0 Å². The van der Waals surface area contributed by atoms with Crippen LogP contribution in [0.15, 0.2) is 78.9 Å². The van der Waals surface area contributed by atoms with E-state index in [2.05, 4.69) is 5.32 Å². The van der Waals surface area contributed by atoms with E-state index in [1.54, 1.807) is 36.4 Å². The van der Waals surface area contributed by atoms with Crippen molar-refractivity contribution < 1.29 is 23.5 Å². The zero-order valence-corrected chi connectivity index (χ0v) is 21.2. The van der Waals surface area contributed by atoms with Crippen molar-refractivity contribution in [2.45, 2.75) is 38.0 Å². The highest BCUT2D eigenvalue weighted by atomic mass is 35.5. The van der Waals surface area contributed by atoms with Gasteiger partial charge in [-0.05, 0) is 48.2 Å². The van der Waals surface area contributed by atoms with Crippen LogP contribution in [0.3, 0.4) is 0 Å². The maximum atomic E-state index is 13.6. The van der Waals surface area contributed by atoms with Gasteiger partial charge in [0.05, 0.1) is 11.1 Å². The number of benzene rings is 3. The molecule has 3 aromatic rings. The van der Waals surface area contributed by atoms with Crippen molar-refractivity contribution >= 4 is 23.4 Å². The molecule has 1 aliphatic rings. The van der Waals surface area contributed by atoms with E-state index in [4.69, 9.17) is 21.1 Å². The molecule has 0 unspecified atom stereocenters. The van der Waals surface area contributed by atoms with Gasteiger partial charge in [0.15, 0.2) is 6.61 Å². The molecule has 194 valence electrons. The summed E-state index contributed by atoms with van der Waals surface area (Å²) in [4.78, 5) is 28.6. The molecule has 3 aromatic carbocycles. The Kier molecular flexibility index (Phi) is 9.52. The average Bonchev–Trinajstić information content (AvgIpc) is 3.44. The number of carbonyl (C=O) groups is 2. The lowest BCUT2D eigenvalue weighted by Gasteiger charge is -2.32. The predicted molar refractivity (Wildman–Crippen MR) is 140 cm³/mol. The van der Waals surface area contributed by atoms with E-state index in [9.17, 15) is 14.0 Å². The molecule has 2 amide bonds. The first-order valence-electron chi connectivity index (χ1n) is 12.3. The SMILES string of the molecule is O=C(NC[C@@H]1CCCO1)[C@H](Cc1ccccc1)N(Cc1ccc(F)cc1)C(=O)COc1ccccc1Cl. The molecule has 0 radical (unpaired) electrons. The van der Waals surface area contributed by atoms with E-state index >= 15 is 0 Å². The fourth-order valence-corrected chi connectivity index (χ4v) is 4.45. The lowest BCUT2D eigenvalue weighted by atomic mass is 10.0. The van der Waals surface area contributed by atoms with Gasteiger partial charge >= 0.3 is 0 Å². The number of hydrogen-bond donors (Lipinski definition) is 1. The molecule has 1 fully saturated rings. The molecule has 2 atom stereocenters. The second-order valence-electron chi connectivity index (χ2n) is 8.95. The van der Waals surface area contributed by atoms with E-state index in [-0.39, 0.29) is 31.0 Å². The maximum absolute atomic E-state index is 13.6. The van der Waals surface area contributed by atoms with Crippen LogP contribution in [0.2, 0.25) is 5.02 Å². The van der Waals surface area contributed by atoms with Crippen molar-refractivity contribution in [1.29, 1.82) is 0 Å². The maximum Gasteiger partial charge on any atom is 0.261 e. The molecule has 1 heterocycles. The zero-order valence-electron chi connectivity index (χ0n) is 20.4. The Labute approximate surface area is 221 Å². The second kappa shape index (κ2) is 13.2. The molecule has 8 heteroatoms. The first-order valence-corrected chi connectivity index (χ1v) is 12.7. The highest BCUT2D eigenvalue weighted by Crippen LogP contribution is 2.23. The van der Waals surface area contributed by atoms with Gasteiger partial charge in [0, 0.05) is 26.1 Å². The number of nitrogens with one attached hydrogen (secondary N) is 1. The molecule has 1 aliphatic heterocycles. The number of rotatable bonds is 11. The quantitative estimate of drug-likeness (QED) is 0.391. The smallest absolute Gasteiger partial charge is 0.261 e. The van der Waals surface area contributed by atoms with E-state index in [0.717, 1.165) is 18.4 Å². The van der Waals surface area contributed by atoms with Crippen LogP contribution in [0.25, 0.3) is 0 Å². The third-order valence-corrected chi connectivity index (χ3v) is 6.57. The molecule has 0 bridgehead atoms. The van der Waals surface area contributed by atoms with Crippen LogP contribution < -0.4 is 10.1 Å². The number of carbonyl (C=O) groups excluding carboxylic acids is 2. The van der Waals surface area contributed by atoms with Crippen molar-refractivity contribution in [2.75, 3.05) is 19.8 Å². The Hall–Kier alpha value is -3.42. The third kappa shape index (κ3) is 7.78. The summed E-state index contributed by atoms with van der Waals surface area (Å²) in [6, 6.07) is 21.5. The highest BCUT2D eigenvalue weighted by Gasteiger charge is 2.31. The zero-order chi connectivity index (χ0) is 26.0. The predicted octanol–water partition coefficient (Wildman–Crippen LogP) is 4.79. The van der Waals surface area contributed by atoms with Gasteiger partial charge in [-0.25, -0.2) is 4.39 Å². The van der Waals surface area contributed by atoms with E-state index in [1.165, 1.54) is 17.0 Å². The molecule has 0 saturated carbocycles.